The topological polar surface area (TPSA) is 130 Å². The Hall–Kier alpha value is -2.81. The van der Waals surface area contributed by atoms with Gasteiger partial charge in [-0.15, -0.1) is 0 Å². The summed E-state index contributed by atoms with van der Waals surface area (Å²) in [4.78, 5) is 16.0. The van der Waals surface area contributed by atoms with E-state index < -0.39 is 23.2 Å². The predicted octanol–water partition coefficient (Wildman–Crippen LogP) is 2.23. The maximum absolute atomic E-state index is 12.6. The first-order valence-corrected chi connectivity index (χ1v) is 12.3. The minimum atomic E-state index is -1.55. The van der Waals surface area contributed by atoms with E-state index in [2.05, 4.69) is 16.8 Å². The summed E-state index contributed by atoms with van der Waals surface area (Å²) in [7, 11) is 1.79. The molecule has 11 heteroatoms. The summed E-state index contributed by atoms with van der Waals surface area (Å²) in [5, 5.41) is 29.4. The number of hydrogen-bond donors (Lipinski definition) is 4. The highest BCUT2D eigenvalue weighted by atomic mass is 35.5. The molecule has 180 valence electrons. The summed E-state index contributed by atoms with van der Waals surface area (Å²) in [6, 6.07) is 3.82. The number of aliphatic hydroxyl groups excluding tert-OH is 1. The van der Waals surface area contributed by atoms with Crippen molar-refractivity contribution in [3.63, 3.8) is 0 Å². The van der Waals surface area contributed by atoms with Gasteiger partial charge in [0.05, 0.1) is 36.0 Å². The van der Waals surface area contributed by atoms with E-state index in [0.29, 0.717) is 27.4 Å². The third-order valence-corrected chi connectivity index (χ3v) is 6.12. The Morgan fingerprint density at radius 1 is 1.35 bits per heavy atom. The number of allylic oxidation sites excluding steroid dienone is 2. The number of nitrogens with one attached hydrogen (secondary N) is 3. The number of nitrogens with zero attached hydrogens (tertiary/aromatic N) is 2. The molecule has 3 rings (SSSR count). The molecule has 1 aromatic rings. The van der Waals surface area contributed by atoms with Gasteiger partial charge in [-0.2, -0.15) is 0 Å². The van der Waals surface area contributed by atoms with E-state index in [4.69, 9.17) is 31.7 Å². The molecule has 0 aromatic heterocycles. The van der Waals surface area contributed by atoms with Crippen molar-refractivity contribution in [1.29, 1.82) is 10.8 Å². The molecular formula is C23H26ClN5O4S. The number of likely N-dealkylation sites (N-methyl/N-ethyl adjacent to an activating group) is 1. The fraction of sp³-hybridized carbons (Fsp3) is 0.348. The van der Waals surface area contributed by atoms with Crippen LogP contribution in [0.1, 0.15) is 28.9 Å². The Morgan fingerprint density at radius 2 is 2.09 bits per heavy atom. The van der Waals surface area contributed by atoms with E-state index in [1.165, 1.54) is 11.2 Å². The molecular weight excluding hydrogens is 478 g/mol. The van der Waals surface area contributed by atoms with E-state index in [1.807, 2.05) is 4.90 Å². The van der Waals surface area contributed by atoms with Crippen molar-refractivity contribution in [2.24, 2.45) is 0 Å². The average molecular weight is 504 g/mol. The normalized spacial score (nSPS) is 20.9. The second-order valence-corrected chi connectivity index (χ2v) is 9.16. The lowest BCUT2D eigenvalue weighted by Gasteiger charge is -2.33. The first kappa shape index (κ1) is 25.8. The van der Waals surface area contributed by atoms with Crippen LogP contribution in [0, 0.1) is 10.8 Å². The Balaban J connectivity index is 2.25. The maximum atomic E-state index is 12.6. The summed E-state index contributed by atoms with van der Waals surface area (Å²) in [5.41, 5.74) is 8.17. The maximum Gasteiger partial charge on any atom is 0.251 e. The van der Waals surface area contributed by atoms with E-state index in [0.717, 1.165) is 0 Å². The van der Waals surface area contributed by atoms with Gasteiger partial charge in [0.2, 0.25) is 0 Å². The van der Waals surface area contributed by atoms with Gasteiger partial charge in [-0.25, -0.2) is 4.21 Å². The molecule has 0 spiro atoms. The second kappa shape index (κ2) is 11.1. The van der Waals surface area contributed by atoms with Crippen LogP contribution >= 0.6 is 11.6 Å². The van der Waals surface area contributed by atoms with Crippen LogP contribution in [0.4, 0.5) is 5.69 Å². The lowest BCUT2D eigenvalue weighted by Crippen LogP contribution is -2.49. The molecule has 1 aromatic carbocycles. The van der Waals surface area contributed by atoms with Crippen LogP contribution in [0.15, 0.2) is 52.4 Å². The minimum Gasteiger partial charge on any atom is -0.395 e. The van der Waals surface area contributed by atoms with Gasteiger partial charge in [-0.1, -0.05) is 17.3 Å². The van der Waals surface area contributed by atoms with Gasteiger partial charge in [0.1, 0.15) is 11.7 Å². The summed E-state index contributed by atoms with van der Waals surface area (Å²) < 4.78 is 17.1. The molecule has 0 radical (unpaired) electrons. The van der Waals surface area contributed by atoms with Crippen LogP contribution in [0.3, 0.4) is 0 Å². The molecule has 4 N–H and O–H groups in total. The van der Waals surface area contributed by atoms with E-state index in [-0.39, 0.29) is 37.3 Å². The largest absolute Gasteiger partial charge is 0.395 e. The van der Waals surface area contributed by atoms with Crippen molar-refractivity contribution in [1.82, 2.24) is 10.2 Å². The number of carbonyl (C=O) groups excluding carboxylic acids is 1. The Bertz CT molecular complexity index is 1180. The number of amidine groups is 2. The van der Waals surface area contributed by atoms with Crippen molar-refractivity contribution >= 4 is 45.9 Å². The average Bonchev–Trinajstić information content (AvgIpc) is 2.88. The molecule has 34 heavy (non-hydrogen) atoms. The number of carbonyl (C=O) groups is 1. The molecule has 0 bridgehead atoms. The van der Waals surface area contributed by atoms with Crippen molar-refractivity contribution in [3.05, 3.63) is 63.5 Å². The van der Waals surface area contributed by atoms with Gasteiger partial charge < -0.3 is 10.4 Å². The van der Waals surface area contributed by atoms with Gasteiger partial charge in [0.25, 0.3) is 5.91 Å². The highest BCUT2D eigenvalue weighted by Crippen LogP contribution is 2.40. The Labute approximate surface area is 205 Å². The third kappa shape index (κ3) is 5.46. The Morgan fingerprint density at radius 3 is 2.68 bits per heavy atom. The lowest BCUT2D eigenvalue weighted by atomic mass is 9.93. The van der Waals surface area contributed by atoms with Crippen molar-refractivity contribution in [3.8, 4) is 0 Å². The smallest absolute Gasteiger partial charge is 0.251 e. The quantitative estimate of drug-likeness (QED) is 0.256. The zero-order chi connectivity index (χ0) is 25.0. The number of aliphatic hydroxyl groups is 1. The summed E-state index contributed by atoms with van der Waals surface area (Å²) in [6.07, 6.45) is 4.88. The molecule has 1 heterocycles. The van der Waals surface area contributed by atoms with Gasteiger partial charge in [0, 0.05) is 23.9 Å². The number of benzene rings is 1. The van der Waals surface area contributed by atoms with Gasteiger partial charge >= 0.3 is 0 Å². The lowest BCUT2D eigenvalue weighted by molar-refractivity contribution is 0.0944. The SMILES string of the molecule is CC(=N)N1C(=N)C(COS(C)=O)N(C)C(C2=C=C=C(Cl)C=C2)c2cc(C(=O)NCCO)ccc21. The summed E-state index contributed by atoms with van der Waals surface area (Å²) >= 11 is 4.49. The predicted molar refractivity (Wildman–Crippen MR) is 133 cm³/mol. The monoisotopic (exact) mass is 503 g/mol. The standard InChI is InChI=1S/C23H26ClN5O4S/c1-14(25)29-19-9-6-16(23(31)27-10-11-30)12-18(19)21(15-4-7-17(24)8-5-15)28(2)20(22(29)26)13-33-34(3)32/h4,6-7,9,12,20-21,25-26,30H,10-11,13H2,1-3H3,(H,27,31). The van der Waals surface area contributed by atoms with E-state index in [9.17, 15) is 9.00 Å². The zero-order valence-corrected chi connectivity index (χ0v) is 20.6. The first-order chi connectivity index (χ1) is 16.1. The molecule has 9 nitrogen and oxygen atoms in total. The summed E-state index contributed by atoms with van der Waals surface area (Å²) in [5.74, 6) is -0.185. The molecule has 2 aliphatic rings. The molecule has 1 aliphatic heterocycles. The van der Waals surface area contributed by atoms with Crippen LogP contribution < -0.4 is 10.2 Å². The molecule has 1 amide bonds. The number of anilines is 1. The van der Waals surface area contributed by atoms with Gasteiger partial charge in [-0.3, -0.25) is 29.6 Å². The first-order valence-electron chi connectivity index (χ1n) is 10.4. The molecule has 0 saturated carbocycles. The van der Waals surface area contributed by atoms with Gasteiger partial charge in [0.15, 0.2) is 11.1 Å². The number of hydrogen-bond acceptors (Lipinski definition) is 7. The fourth-order valence-corrected chi connectivity index (χ4v) is 4.33. The second-order valence-electron chi connectivity index (χ2n) is 7.72. The molecule has 0 saturated heterocycles. The number of halogens is 1. The van der Waals surface area contributed by atoms with Crippen LogP contribution in [0.5, 0.6) is 0 Å². The van der Waals surface area contributed by atoms with E-state index >= 15 is 0 Å². The Kier molecular flexibility index (Phi) is 8.41. The number of rotatable bonds is 7. The van der Waals surface area contributed by atoms with E-state index in [1.54, 1.807) is 44.3 Å². The zero-order valence-electron chi connectivity index (χ0n) is 19.0. The third-order valence-electron chi connectivity index (χ3n) is 5.44. The highest BCUT2D eigenvalue weighted by Gasteiger charge is 2.39. The van der Waals surface area contributed by atoms with Crippen molar-refractivity contribution in [2.45, 2.75) is 19.0 Å². The van der Waals surface area contributed by atoms with Crippen LogP contribution in [-0.2, 0) is 15.3 Å². The van der Waals surface area contributed by atoms with Crippen molar-refractivity contribution in [2.75, 3.05) is 38.0 Å². The summed E-state index contributed by atoms with van der Waals surface area (Å²) in [6.45, 7) is 1.45. The number of amides is 1. The van der Waals surface area contributed by atoms with Gasteiger partial charge in [-0.05, 0) is 55.6 Å². The molecule has 1 aliphatic carbocycles. The van der Waals surface area contributed by atoms with Crippen molar-refractivity contribution < 1.29 is 18.3 Å². The van der Waals surface area contributed by atoms with Crippen LogP contribution in [0.2, 0.25) is 0 Å². The molecule has 3 unspecified atom stereocenters. The van der Waals surface area contributed by atoms with Crippen LogP contribution in [-0.4, -0.2) is 70.9 Å². The fourth-order valence-electron chi connectivity index (χ4n) is 3.90. The van der Waals surface area contributed by atoms with Crippen LogP contribution in [0.25, 0.3) is 0 Å². The number of fused-ring (bicyclic) bond motifs is 1. The highest BCUT2D eigenvalue weighted by molar-refractivity contribution is 7.79. The minimum absolute atomic E-state index is 0.0478. The molecule has 0 fully saturated rings. The molecule has 3 atom stereocenters.